The van der Waals surface area contributed by atoms with E-state index in [1.54, 1.807) is 0 Å². The summed E-state index contributed by atoms with van der Waals surface area (Å²) < 4.78 is 0.226. The van der Waals surface area contributed by atoms with Gasteiger partial charge in [0.1, 0.15) is 11.5 Å². The second-order valence-electron chi connectivity index (χ2n) is 2.84. The van der Waals surface area contributed by atoms with Crippen molar-refractivity contribution in [3.8, 4) is 23.0 Å². The van der Waals surface area contributed by atoms with Crippen LogP contribution in [0.5, 0.6) is 11.8 Å². The average molecular weight is 208 g/mol. The molecule has 0 amide bonds. The molecule has 0 saturated carbocycles. The number of nitrogens with zero attached hydrogens (tertiary/aromatic N) is 3. The largest absolute Gasteiger partial charge is 0.492 e. The molecule has 0 aliphatic rings. The van der Waals surface area contributed by atoms with Crippen molar-refractivity contribution in [3.05, 3.63) is 18.5 Å². The molecule has 7 heteroatoms. The van der Waals surface area contributed by atoms with Gasteiger partial charge in [0.2, 0.25) is 11.8 Å². The van der Waals surface area contributed by atoms with Crippen LogP contribution < -0.4 is 5.73 Å². The first kappa shape index (κ1) is 9.13. The molecule has 0 aromatic carbocycles. The maximum atomic E-state index is 9.43. The zero-order valence-electron chi connectivity index (χ0n) is 7.49. The van der Waals surface area contributed by atoms with Gasteiger partial charge < -0.3 is 21.2 Å². The maximum absolute atomic E-state index is 9.43. The van der Waals surface area contributed by atoms with E-state index in [-0.39, 0.29) is 21.8 Å². The van der Waals surface area contributed by atoms with E-state index in [0.29, 0.717) is 0 Å². The minimum Gasteiger partial charge on any atom is -0.492 e. The Morgan fingerprint density at radius 1 is 1.20 bits per heavy atom. The van der Waals surface area contributed by atoms with Gasteiger partial charge in [0.15, 0.2) is 0 Å². The fourth-order valence-electron chi connectivity index (χ4n) is 1.21. The maximum Gasteiger partial charge on any atom is 0.238 e. The minimum absolute atomic E-state index is 0.0957. The molecule has 78 valence electrons. The molecule has 15 heavy (non-hydrogen) atoms. The summed E-state index contributed by atoms with van der Waals surface area (Å²) in [5.41, 5.74) is 5.83. The molecule has 0 fully saturated rings. The number of hydrogen-bond donors (Lipinski definition) is 4. The molecule has 0 atom stereocenters. The van der Waals surface area contributed by atoms with Crippen LogP contribution in [0.1, 0.15) is 0 Å². The second-order valence-corrected chi connectivity index (χ2v) is 2.84. The van der Waals surface area contributed by atoms with Gasteiger partial charge in [-0.25, -0.2) is 4.98 Å². The van der Waals surface area contributed by atoms with Crippen LogP contribution in [0.25, 0.3) is 11.3 Å². The molecule has 0 unspecified atom stereocenters. The van der Waals surface area contributed by atoms with Gasteiger partial charge in [0.25, 0.3) is 0 Å². The molecule has 0 spiro atoms. The average Bonchev–Trinajstić information content (AvgIpc) is 2.47. The van der Waals surface area contributed by atoms with Crippen molar-refractivity contribution >= 4 is 5.82 Å². The van der Waals surface area contributed by atoms with Crippen molar-refractivity contribution in [3.63, 3.8) is 0 Å². The van der Waals surface area contributed by atoms with Gasteiger partial charge >= 0.3 is 0 Å². The highest BCUT2D eigenvalue weighted by Crippen LogP contribution is 2.35. The molecule has 0 saturated heterocycles. The van der Waals surface area contributed by atoms with Crippen LogP contribution >= 0.6 is 0 Å². The summed E-state index contributed by atoms with van der Waals surface area (Å²) in [6.07, 6.45) is 2.78. The van der Waals surface area contributed by atoms with Gasteiger partial charge in [-0.2, -0.15) is 0 Å². The lowest BCUT2D eigenvalue weighted by Gasteiger charge is -2.00. The van der Waals surface area contributed by atoms with Crippen LogP contribution in [0.15, 0.2) is 18.5 Å². The van der Waals surface area contributed by atoms with E-state index in [1.807, 2.05) is 0 Å². The third-order valence-electron chi connectivity index (χ3n) is 1.91. The standard InChI is InChI=1S/C8H8N4O3/c9-7-6(10-1-2-11-7)4-3-5(13)12(15)8(4)14/h1-3,13-15H,(H2,9,11). The van der Waals surface area contributed by atoms with Gasteiger partial charge in [-0.3, -0.25) is 4.98 Å². The summed E-state index contributed by atoms with van der Waals surface area (Å²) in [5.74, 6) is -0.953. The molecule has 2 aromatic heterocycles. The Labute approximate surface area is 84.0 Å². The van der Waals surface area contributed by atoms with Gasteiger partial charge in [-0.05, 0) is 0 Å². The molecular formula is C8H8N4O3. The number of aromatic hydroxyl groups is 2. The fraction of sp³-hybridized carbons (Fsp3) is 0. The number of aromatic nitrogens is 3. The summed E-state index contributed by atoms with van der Waals surface area (Å²) in [4.78, 5) is 7.65. The van der Waals surface area contributed by atoms with Crippen molar-refractivity contribution in [2.45, 2.75) is 0 Å². The lowest BCUT2D eigenvalue weighted by molar-refractivity contribution is 0.131. The summed E-state index contributed by atoms with van der Waals surface area (Å²) in [6.45, 7) is 0. The van der Waals surface area contributed by atoms with E-state index < -0.39 is 11.8 Å². The highest BCUT2D eigenvalue weighted by atomic mass is 16.5. The Kier molecular flexibility index (Phi) is 1.86. The monoisotopic (exact) mass is 208 g/mol. The number of nitrogen functional groups attached to an aromatic ring is 1. The predicted molar refractivity (Wildman–Crippen MR) is 50.4 cm³/mol. The van der Waals surface area contributed by atoms with Gasteiger partial charge in [-0.1, -0.05) is 0 Å². The van der Waals surface area contributed by atoms with Crippen LogP contribution in [0.4, 0.5) is 5.82 Å². The fourth-order valence-corrected chi connectivity index (χ4v) is 1.21. The first-order valence-electron chi connectivity index (χ1n) is 4.01. The van der Waals surface area contributed by atoms with Crippen LogP contribution in [0.2, 0.25) is 0 Å². The van der Waals surface area contributed by atoms with E-state index in [9.17, 15) is 5.11 Å². The van der Waals surface area contributed by atoms with Gasteiger partial charge in [0, 0.05) is 18.5 Å². The quantitative estimate of drug-likeness (QED) is 0.496. The molecule has 0 aliphatic carbocycles. The molecular weight excluding hydrogens is 200 g/mol. The van der Waals surface area contributed by atoms with Crippen molar-refractivity contribution in [2.24, 2.45) is 0 Å². The molecule has 7 nitrogen and oxygen atoms in total. The zero-order chi connectivity index (χ0) is 11.0. The summed E-state index contributed by atoms with van der Waals surface area (Å²) >= 11 is 0. The van der Waals surface area contributed by atoms with Gasteiger partial charge in [0.05, 0.1) is 5.56 Å². The van der Waals surface area contributed by atoms with E-state index in [4.69, 9.17) is 16.0 Å². The highest BCUT2D eigenvalue weighted by molar-refractivity contribution is 5.74. The normalized spacial score (nSPS) is 10.4. The molecule has 0 aliphatic heterocycles. The Hall–Kier alpha value is -2.44. The molecule has 0 bridgehead atoms. The SMILES string of the molecule is Nc1nccnc1-c1cc(O)n(O)c1O. The Morgan fingerprint density at radius 2 is 1.87 bits per heavy atom. The Balaban J connectivity index is 2.65. The van der Waals surface area contributed by atoms with Crippen molar-refractivity contribution < 1.29 is 15.4 Å². The first-order valence-corrected chi connectivity index (χ1v) is 4.01. The topological polar surface area (TPSA) is 117 Å². The van der Waals surface area contributed by atoms with Crippen LogP contribution in [-0.4, -0.2) is 30.1 Å². The number of nitrogens with two attached hydrogens (primary N) is 1. The van der Waals surface area contributed by atoms with Crippen molar-refractivity contribution in [1.82, 2.24) is 14.7 Å². The van der Waals surface area contributed by atoms with Gasteiger partial charge in [-0.15, -0.1) is 4.73 Å². The van der Waals surface area contributed by atoms with Crippen LogP contribution in [0, 0.1) is 0 Å². The third-order valence-corrected chi connectivity index (χ3v) is 1.91. The number of anilines is 1. The summed E-state index contributed by atoms with van der Waals surface area (Å²) in [6, 6.07) is 1.13. The Morgan fingerprint density at radius 3 is 2.40 bits per heavy atom. The first-order chi connectivity index (χ1) is 7.11. The zero-order valence-corrected chi connectivity index (χ0v) is 7.49. The van der Waals surface area contributed by atoms with E-state index in [0.717, 1.165) is 6.07 Å². The summed E-state index contributed by atoms with van der Waals surface area (Å²) in [7, 11) is 0. The van der Waals surface area contributed by atoms with E-state index in [2.05, 4.69) is 9.97 Å². The minimum atomic E-state index is -0.542. The molecule has 2 rings (SSSR count). The van der Waals surface area contributed by atoms with Crippen molar-refractivity contribution in [1.29, 1.82) is 0 Å². The number of hydrogen-bond acceptors (Lipinski definition) is 6. The Bertz CT molecular complexity index is 509. The lowest BCUT2D eigenvalue weighted by atomic mass is 10.2. The highest BCUT2D eigenvalue weighted by Gasteiger charge is 2.17. The predicted octanol–water partition coefficient (Wildman–Crippen LogP) is 0.176. The molecule has 2 heterocycles. The van der Waals surface area contributed by atoms with Crippen LogP contribution in [0.3, 0.4) is 0 Å². The molecule has 0 radical (unpaired) electrons. The smallest absolute Gasteiger partial charge is 0.238 e. The third kappa shape index (κ3) is 1.30. The second kappa shape index (κ2) is 3.05. The lowest BCUT2D eigenvalue weighted by Crippen LogP contribution is -1.95. The van der Waals surface area contributed by atoms with Crippen molar-refractivity contribution in [2.75, 3.05) is 5.73 Å². The van der Waals surface area contributed by atoms with E-state index >= 15 is 0 Å². The molecule has 2 aromatic rings. The number of rotatable bonds is 1. The summed E-state index contributed by atoms with van der Waals surface area (Å²) in [5, 5.41) is 27.7. The van der Waals surface area contributed by atoms with E-state index in [1.165, 1.54) is 12.4 Å². The van der Waals surface area contributed by atoms with Crippen LogP contribution in [-0.2, 0) is 0 Å². The molecule has 5 N–H and O–H groups in total.